The van der Waals surface area contributed by atoms with Gasteiger partial charge < -0.3 is 10.1 Å². The lowest BCUT2D eigenvalue weighted by atomic mass is 10.3. The topological polar surface area (TPSA) is 56.1 Å². The molecule has 1 aromatic heterocycles. The first kappa shape index (κ1) is 13.1. The van der Waals surface area contributed by atoms with Gasteiger partial charge in [0.05, 0.1) is 19.3 Å². The van der Waals surface area contributed by atoms with E-state index in [0.717, 1.165) is 0 Å². The number of hydrogen-bond acceptors (Lipinski definition) is 4. The van der Waals surface area contributed by atoms with Gasteiger partial charge in [-0.05, 0) is 12.1 Å². The summed E-state index contributed by atoms with van der Waals surface area (Å²) in [6, 6.07) is 9.25. The van der Waals surface area contributed by atoms with E-state index in [-0.39, 0.29) is 11.4 Å². The van der Waals surface area contributed by atoms with Gasteiger partial charge in [-0.3, -0.25) is 4.79 Å². The van der Waals surface area contributed by atoms with Crippen LogP contribution < -0.4 is 15.6 Å². The molecule has 0 bridgehead atoms. The molecule has 0 amide bonds. The minimum atomic E-state index is -0.326. The molecule has 0 fully saturated rings. The molecule has 2 rings (SSSR count). The van der Waals surface area contributed by atoms with E-state index in [1.807, 2.05) is 0 Å². The molecule has 0 saturated heterocycles. The van der Waals surface area contributed by atoms with Crippen LogP contribution in [0.1, 0.15) is 0 Å². The molecule has 2 aromatic rings. The van der Waals surface area contributed by atoms with Crippen LogP contribution in [0.3, 0.4) is 0 Å². The van der Waals surface area contributed by atoms with E-state index in [0.29, 0.717) is 24.7 Å². The van der Waals surface area contributed by atoms with Crippen molar-refractivity contribution in [3.8, 4) is 5.88 Å². The normalized spacial score (nSPS) is 10.2. The highest BCUT2D eigenvalue weighted by atomic mass is 19.1. The standard InChI is InChI=1S/C13H14FN3O2/c1-19-12-6-7-13(18)17(16-12)9-8-15-11-5-3-2-4-10(11)14/h2-7,15H,8-9H2,1H3. The molecule has 5 nitrogen and oxygen atoms in total. The molecule has 0 aliphatic carbocycles. The molecule has 0 spiro atoms. The van der Waals surface area contributed by atoms with Crippen LogP contribution in [0.25, 0.3) is 0 Å². The van der Waals surface area contributed by atoms with Crippen LogP contribution in [0.4, 0.5) is 10.1 Å². The average Bonchev–Trinajstić information content (AvgIpc) is 2.43. The van der Waals surface area contributed by atoms with E-state index < -0.39 is 0 Å². The molecule has 0 saturated carbocycles. The maximum atomic E-state index is 13.3. The van der Waals surface area contributed by atoms with Gasteiger partial charge in [0.25, 0.3) is 5.56 Å². The average molecular weight is 263 g/mol. The monoisotopic (exact) mass is 263 g/mol. The second-order valence-corrected chi connectivity index (χ2v) is 3.84. The van der Waals surface area contributed by atoms with Crippen molar-refractivity contribution in [3.63, 3.8) is 0 Å². The number of ether oxygens (including phenoxy) is 1. The molecule has 0 aliphatic rings. The van der Waals surface area contributed by atoms with Crippen molar-refractivity contribution in [3.05, 3.63) is 52.6 Å². The molecular formula is C13H14FN3O2. The van der Waals surface area contributed by atoms with Crippen LogP contribution in [-0.4, -0.2) is 23.4 Å². The first-order chi connectivity index (χ1) is 9.20. The predicted octanol–water partition coefficient (Wildman–Crippen LogP) is 1.50. The van der Waals surface area contributed by atoms with Gasteiger partial charge in [0, 0.05) is 18.7 Å². The van der Waals surface area contributed by atoms with Gasteiger partial charge >= 0.3 is 0 Å². The Balaban J connectivity index is 2.00. The van der Waals surface area contributed by atoms with Crippen molar-refractivity contribution in [2.24, 2.45) is 0 Å². The summed E-state index contributed by atoms with van der Waals surface area (Å²) >= 11 is 0. The Morgan fingerprint density at radius 1 is 1.32 bits per heavy atom. The Morgan fingerprint density at radius 2 is 2.11 bits per heavy atom. The zero-order chi connectivity index (χ0) is 13.7. The molecule has 19 heavy (non-hydrogen) atoms. The lowest BCUT2D eigenvalue weighted by Crippen LogP contribution is -2.25. The number of methoxy groups -OCH3 is 1. The summed E-state index contributed by atoms with van der Waals surface area (Å²) in [5.74, 6) is 0.0407. The third-order valence-electron chi connectivity index (χ3n) is 2.56. The molecule has 6 heteroatoms. The van der Waals surface area contributed by atoms with Gasteiger partial charge in [0.2, 0.25) is 5.88 Å². The number of halogens is 1. The lowest BCUT2D eigenvalue weighted by Gasteiger charge is -2.09. The molecule has 1 N–H and O–H groups in total. The van der Waals surface area contributed by atoms with Crippen LogP contribution in [0.2, 0.25) is 0 Å². The zero-order valence-corrected chi connectivity index (χ0v) is 10.5. The highest BCUT2D eigenvalue weighted by Crippen LogP contribution is 2.11. The van der Waals surface area contributed by atoms with E-state index in [1.165, 1.54) is 30.0 Å². The molecule has 100 valence electrons. The summed E-state index contributed by atoms with van der Waals surface area (Å²) in [5, 5.41) is 6.90. The second kappa shape index (κ2) is 5.99. The number of rotatable bonds is 5. The number of para-hydroxylation sites is 1. The van der Waals surface area contributed by atoms with Crippen LogP contribution >= 0.6 is 0 Å². The smallest absolute Gasteiger partial charge is 0.267 e. The first-order valence-electron chi connectivity index (χ1n) is 5.81. The fraction of sp³-hybridized carbons (Fsp3) is 0.231. The maximum Gasteiger partial charge on any atom is 0.267 e. The summed E-state index contributed by atoms with van der Waals surface area (Å²) in [7, 11) is 1.48. The van der Waals surface area contributed by atoms with Crippen LogP contribution in [0.5, 0.6) is 5.88 Å². The number of benzene rings is 1. The van der Waals surface area contributed by atoms with Crippen LogP contribution in [0, 0.1) is 5.82 Å². The van der Waals surface area contributed by atoms with Crippen molar-refractivity contribution in [1.82, 2.24) is 9.78 Å². The Kier molecular flexibility index (Phi) is 4.12. The van der Waals surface area contributed by atoms with Gasteiger partial charge in [-0.2, -0.15) is 0 Å². The molecular weight excluding hydrogens is 249 g/mol. The third-order valence-corrected chi connectivity index (χ3v) is 2.56. The summed E-state index contributed by atoms with van der Waals surface area (Å²) < 4.78 is 19.6. The van der Waals surface area contributed by atoms with Crippen LogP contribution in [0.15, 0.2) is 41.2 Å². The predicted molar refractivity (Wildman–Crippen MR) is 69.9 cm³/mol. The van der Waals surface area contributed by atoms with Crippen LogP contribution in [-0.2, 0) is 6.54 Å². The van der Waals surface area contributed by atoms with Crippen molar-refractivity contribution < 1.29 is 9.13 Å². The molecule has 1 heterocycles. The summed E-state index contributed by atoms with van der Waals surface area (Å²) in [4.78, 5) is 11.5. The third kappa shape index (κ3) is 3.31. The fourth-order valence-corrected chi connectivity index (χ4v) is 1.60. The molecule has 0 unspecified atom stereocenters. The highest BCUT2D eigenvalue weighted by molar-refractivity contribution is 5.44. The molecule has 1 aromatic carbocycles. The van der Waals surface area contributed by atoms with Gasteiger partial charge in [0.15, 0.2) is 0 Å². The van der Waals surface area contributed by atoms with Crippen molar-refractivity contribution in [2.45, 2.75) is 6.54 Å². The molecule has 0 radical (unpaired) electrons. The molecule has 0 atom stereocenters. The number of anilines is 1. The van der Waals surface area contributed by atoms with Crippen molar-refractivity contribution in [1.29, 1.82) is 0 Å². The zero-order valence-electron chi connectivity index (χ0n) is 10.5. The number of nitrogens with zero attached hydrogens (tertiary/aromatic N) is 2. The van der Waals surface area contributed by atoms with E-state index in [1.54, 1.807) is 18.2 Å². The Bertz CT molecular complexity index is 613. The van der Waals surface area contributed by atoms with Gasteiger partial charge in [-0.25, -0.2) is 9.07 Å². The summed E-state index contributed by atoms with van der Waals surface area (Å²) in [5.41, 5.74) is 0.176. The van der Waals surface area contributed by atoms with Crippen molar-refractivity contribution >= 4 is 5.69 Å². The van der Waals surface area contributed by atoms with Gasteiger partial charge in [-0.15, -0.1) is 5.10 Å². The minimum Gasteiger partial charge on any atom is -0.480 e. The highest BCUT2D eigenvalue weighted by Gasteiger charge is 2.02. The Hall–Kier alpha value is -2.37. The Morgan fingerprint density at radius 3 is 2.84 bits per heavy atom. The second-order valence-electron chi connectivity index (χ2n) is 3.84. The van der Waals surface area contributed by atoms with E-state index in [4.69, 9.17) is 4.74 Å². The van der Waals surface area contributed by atoms with E-state index in [2.05, 4.69) is 10.4 Å². The van der Waals surface area contributed by atoms with Gasteiger partial charge in [-0.1, -0.05) is 12.1 Å². The van der Waals surface area contributed by atoms with Gasteiger partial charge in [0.1, 0.15) is 5.82 Å². The number of aromatic nitrogens is 2. The van der Waals surface area contributed by atoms with E-state index in [9.17, 15) is 9.18 Å². The lowest BCUT2D eigenvalue weighted by molar-refractivity contribution is 0.376. The number of hydrogen-bond donors (Lipinski definition) is 1. The quantitative estimate of drug-likeness (QED) is 0.888. The SMILES string of the molecule is COc1ccc(=O)n(CCNc2ccccc2F)n1. The number of nitrogens with one attached hydrogen (secondary N) is 1. The Labute approximate surface area is 109 Å². The molecule has 0 aliphatic heterocycles. The summed E-state index contributed by atoms with van der Waals surface area (Å²) in [6.45, 7) is 0.714. The largest absolute Gasteiger partial charge is 0.480 e. The summed E-state index contributed by atoms with van der Waals surface area (Å²) in [6.07, 6.45) is 0. The minimum absolute atomic E-state index is 0.226. The first-order valence-corrected chi connectivity index (χ1v) is 5.81. The van der Waals surface area contributed by atoms with Crippen molar-refractivity contribution in [2.75, 3.05) is 19.0 Å². The fourth-order valence-electron chi connectivity index (χ4n) is 1.60. The maximum absolute atomic E-state index is 13.3. The van der Waals surface area contributed by atoms with E-state index >= 15 is 0 Å².